The maximum Gasteiger partial charge on any atom is 0.437 e. The van der Waals surface area contributed by atoms with Gasteiger partial charge in [0.2, 0.25) is 5.91 Å². The molecule has 2 unspecified atom stereocenters. The highest BCUT2D eigenvalue weighted by atomic mass is 32.2. The van der Waals surface area contributed by atoms with E-state index in [1.165, 1.54) is 4.90 Å². The zero-order valence-electron chi connectivity index (χ0n) is 22.1. The Morgan fingerprint density at radius 2 is 1.49 bits per heavy atom. The molecule has 2 aromatic rings. The van der Waals surface area contributed by atoms with Crippen LogP contribution < -0.4 is 0 Å². The van der Waals surface area contributed by atoms with E-state index in [1.807, 2.05) is 0 Å². The number of hydrogen-bond donors (Lipinski definition) is 0. The lowest BCUT2D eigenvalue weighted by atomic mass is 9.80. The van der Waals surface area contributed by atoms with Gasteiger partial charge in [0.05, 0.1) is 28.1 Å². The van der Waals surface area contributed by atoms with Crippen molar-refractivity contribution in [1.29, 1.82) is 0 Å². The third-order valence-electron chi connectivity index (χ3n) is 8.65. The third-order valence-corrected chi connectivity index (χ3v) is 12.9. The summed E-state index contributed by atoms with van der Waals surface area (Å²) in [5.41, 5.74) is -8.64. The highest BCUT2D eigenvalue weighted by Gasteiger charge is 2.75. The van der Waals surface area contributed by atoms with E-state index in [0.29, 0.717) is 6.07 Å². The Hall–Kier alpha value is -2.82. The fourth-order valence-electron chi connectivity index (χ4n) is 6.48. The molecule has 0 spiro atoms. The van der Waals surface area contributed by atoms with Crippen molar-refractivity contribution < 1.29 is 56.8 Å². The van der Waals surface area contributed by atoms with Crippen LogP contribution in [0.2, 0.25) is 0 Å². The molecule has 0 saturated carbocycles. The average Bonchev–Trinajstić information content (AvgIpc) is 3.32. The van der Waals surface area contributed by atoms with Crippen molar-refractivity contribution >= 4 is 25.6 Å². The second kappa shape index (κ2) is 10.1. The van der Waals surface area contributed by atoms with Gasteiger partial charge in [0.1, 0.15) is 20.4 Å². The summed E-state index contributed by atoms with van der Waals surface area (Å²) in [6.45, 7) is -0.188. The molecule has 0 bridgehead atoms. The Morgan fingerprint density at radius 1 is 0.907 bits per heavy atom. The molecule has 2 fully saturated rings. The summed E-state index contributed by atoms with van der Waals surface area (Å²) < 4.78 is 160. The van der Waals surface area contributed by atoms with Gasteiger partial charge in [-0.15, -0.1) is 0 Å². The van der Waals surface area contributed by atoms with E-state index in [-0.39, 0.29) is 61.8 Å². The van der Waals surface area contributed by atoms with E-state index in [4.69, 9.17) is 0 Å². The number of rotatable bonds is 4. The zero-order valence-corrected chi connectivity index (χ0v) is 23.7. The van der Waals surface area contributed by atoms with Crippen molar-refractivity contribution in [3.05, 3.63) is 59.2 Å². The van der Waals surface area contributed by atoms with E-state index in [0.717, 1.165) is 24.3 Å². The average molecular weight is 661 g/mol. The van der Waals surface area contributed by atoms with Crippen LogP contribution in [0.5, 0.6) is 0 Å². The summed E-state index contributed by atoms with van der Waals surface area (Å²) in [5.74, 6) is -2.56. The molecule has 0 radical (unpaired) electrons. The number of sulfone groups is 2. The van der Waals surface area contributed by atoms with Crippen molar-refractivity contribution in [2.45, 2.75) is 65.8 Å². The van der Waals surface area contributed by atoms with Gasteiger partial charge in [0.25, 0.3) is 0 Å². The minimum Gasteiger partial charge on any atom is -0.337 e. The van der Waals surface area contributed by atoms with Gasteiger partial charge in [-0.25, -0.2) is 25.6 Å². The Morgan fingerprint density at radius 3 is 2.05 bits per heavy atom. The number of alkyl halides is 7. The minimum atomic E-state index is -6.44. The predicted octanol–water partition coefficient (Wildman–Crippen LogP) is 4.55. The quantitative estimate of drug-likeness (QED) is 0.353. The first-order valence-corrected chi connectivity index (χ1v) is 16.4. The van der Waals surface area contributed by atoms with Gasteiger partial charge in [0, 0.05) is 18.2 Å². The lowest BCUT2D eigenvalue weighted by molar-refractivity contribution is -0.350. The summed E-state index contributed by atoms with van der Waals surface area (Å²) in [4.78, 5) is 17.9. The van der Waals surface area contributed by atoms with Gasteiger partial charge in [0.15, 0.2) is 9.84 Å². The number of pyridine rings is 1. The van der Waals surface area contributed by atoms with Crippen LogP contribution in [0.15, 0.2) is 41.3 Å². The van der Waals surface area contributed by atoms with E-state index in [1.54, 1.807) is 0 Å². The van der Waals surface area contributed by atoms with Crippen molar-refractivity contribution in [3.63, 3.8) is 0 Å². The summed E-state index contributed by atoms with van der Waals surface area (Å²) in [6.07, 6.45) is -13.9. The number of halogens is 8. The van der Waals surface area contributed by atoms with Crippen molar-refractivity contribution in [2.75, 3.05) is 18.1 Å². The lowest BCUT2D eigenvalue weighted by Crippen LogP contribution is -2.54. The number of benzene rings is 1. The highest BCUT2D eigenvalue weighted by Crippen LogP contribution is 2.56. The molecule has 2 aliphatic heterocycles. The Bertz CT molecular complexity index is 1630. The fourth-order valence-corrected chi connectivity index (χ4v) is 10.3. The standard InChI is InChI=1S/C26H24F8N2O5S2/c27-16-1-3-17(4-2-16)43(40,41)23-11-12-36(22(37)15-9-13-42(38,39)14-10-15)21(23)8-6-19-18(23)5-7-20(35-19)24(28,25(29,30)31)26(32,33)34/h1-5,7,15,21H,6,8-14H2. The van der Waals surface area contributed by atoms with E-state index in [9.17, 15) is 56.8 Å². The Labute approximate surface area is 241 Å². The van der Waals surface area contributed by atoms with E-state index < -0.39 is 82.4 Å². The second-order valence-electron chi connectivity index (χ2n) is 11.0. The molecule has 17 heteroatoms. The van der Waals surface area contributed by atoms with Gasteiger partial charge in [-0.2, -0.15) is 26.3 Å². The molecule has 5 rings (SSSR count). The molecule has 1 aromatic carbocycles. The van der Waals surface area contributed by atoms with Crippen LogP contribution in [0.4, 0.5) is 35.1 Å². The van der Waals surface area contributed by atoms with Crippen LogP contribution in [-0.4, -0.2) is 69.1 Å². The largest absolute Gasteiger partial charge is 0.437 e. The number of aryl methyl sites for hydroxylation is 1. The first-order valence-electron chi connectivity index (χ1n) is 13.1. The summed E-state index contributed by atoms with van der Waals surface area (Å²) in [6, 6.07) is 3.26. The first-order chi connectivity index (χ1) is 19.8. The van der Waals surface area contributed by atoms with Crippen LogP contribution in [0.1, 0.15) is 42.6 Å². The molecule has 7 nitrogen and oxygen atoms in total. The number of amides is 1. The SMILES string of the molecule is O=C(C1CCS(=O)(=O)CC1)N1CCC2(S(=O)(=O)c3ccc(F)cc3)c3ccc(C(F)(C(F)(F)F)C(F)(F)F)nc3CCC12. The maximum absolute atomic E-state index is 14.9. The van der Waals surface area contributed by atoms with Crippen LogP contribution >= 0.6 is 0 Å². The maximum atomic E-state index is 14.9. The third kappa shape index (κ3) is 4.80. The van der Waals surface area contributed by atoms with Gasteiger partial charge in [-0.1, -0.05) is 6.07 Å². The van der Waals surface area contributed by atoms with Gasteiger partial charge in [-0.3, -0.25) is 9.78 Å². The number of fused-ring (bicyclic) bond motifs is 3. The molecule has 0 N–H and O–H groups in total. The number of likely N-dealkylation sites (tertiary alicyclic amines) is 1. The monoisotopic (exact) mass is 660 g/mol. The molecule has 236 valence electrons. The molecule has 43 heavy (non-hydrogen) atoms. The topological polar surface area (TPSA) is 101 Å². The Kier molecular flexibility index (Phi) is 7.43. The second-order valence-corrected chi connectivity index (χ2v) is 15.5. The van der Waals surface area contributed by atoms with Gasteiger partial charge >= 0.3 is 18.0 Å². The van der Waals surface area contributed by atoms with Crippen molar-refractivity contribution in [2.24, 2.45) is 5.92 Å². The number of aromatic nitrogens is 1. The number of nitrogens with zero attached hydrogens (tertiary/aromatic N) is 2. The zero-order chi connectivity index (χ0) is 31.8. The predicted molar refractivity (Wildman–Crippen MR) is 134 cm³/mol. The van der Waals surface area contributed by atoms with Crippen molar-refractivity contribution in [3.8, 4) is 0 Å². The van der Waals surface area contributed by atoms with Crippen molar-refractivity contribution in [1.82, 2.24) is 9.88 Å². The number of carbonyl (C=O) groups is 1. The highest BCUT2D eigenvalue weighted by molar-refractivity contribution is 7.92. The van der Waals surface area contributed by atoms with Crippen LogP contribution in [0.25, 0.3) is 0 Å². The molecule has 1 amide bonds. The molecule has 1 aromatic heterocycles. The van der Waals surface area contributed by atoms with E-state index in [2.05, 4.69) is 4.98 Å². The molecule has 3 aliphatic rings. The Balaban J connectivity index is 1.65. The number of carbonyl (C=O) groups excluding carboxylic acids is 1. The molecular weight excluding hydrogens is 636 g/mol. The minimum absolute atomic E-state index is 0.00291. The smallest absolute Gasteiger partial charge is 0.337 e. The fraction of sp³-hybridized carbons (Fsp3) is 0.538. The van der Waals surface area contributed by atoms with Gasteiger partial charge in [-0.05, 0) is 68.0 Å². The van der Waals surface area contributed by atoms with E-state index >= 15 is 0 Å². The molecular formula is C26H24F8N2O5S2. The molecule has 1 aliphatic carbocycles. The molecule has 2 atom stereocenters. The molecule has 3 heterocycles. The summed E-state index contributed by atoms with van der Waals surface area (Å²) >= 11 is 0. The summed E-state index contributed by atoms with van der Waals surface area (Å²) in [7, 11) is -7.99. The van der Waals surface area contributed by atoms with Gasteiger partial charge < -0.3 is 4.90 Å². The first kappa shape index (κ1) is 31.6. The molecule has 2 saturated heterocycles. The normalized spacial score (nSPS) is 24.8. The van der Waals surface area contributed by atoms with Crippen LogP contribution in [0, 0.1) is 11.7 Å². The lowest BCUT2D eigenvalue weighted by Gasteiger charge is -2.43. The van der Waals surface area contributed by atoms with Crippen LogP contribution in [0.3, 0.4) is 0 Å². The summed E-state index contributed by atoms with van der Waals surface area (Å²) in [5, 5.41) is 0. The van der Waals surface area contributed by atoms with Crippen LogP contribution in [-0.2, 0) is 41.3 Å². The number of hydrogen-bond acceptors (Lipinski definition) is 6.